The van der Waals surface area contributed by atoms with E-state index in [4.69, 9.17) is 0 Å². The Bertz CT molecular complexity index is 629. The van der Waals surface area contributed by atoms with Gasteiger partial charge >= 0.3 is 0 Å². The molecule has 1 saturated carbocycles. The molecule has 1 atom stereocenters. The Morgan fingerprint density at radius 2 is 1.79 bits per heavy atom. The third-order valence-electron chi connectivity index (χ3n) is 4.36. The molecule has 0 bridgehead atoms. The summed E-state index contributed by atoms with van der Waals surface area (Å²) in [5.41, 5.74) is 4.39. The first-order valence-electron chi connectivity index (χ1n) is 12.7. The summed E-state index contributed by atoms with van der Waals surface area (Å²) in [6, 6.07) is 1.32. The second-order valence-electron chi connectivity index (χ2n) is 10.0. The van der Waals surface area contributed by atoms with Crippen molar-refractivity contribution in [3.63, 3.8) is 0 Å². The molecule has 0 aliphatic heterocycles. The fourth-order valence-electron chi connectivity index (χ4n) is 2.71. The number of hydrogen-bond acceptors (Lipinski definition) is 4. The lowest BCUT2D eigenvalue weighted by molar-refractivity contribution is 0.469. The second kappa shape index (κ2) is 19.5. The first-order valence-corrected chi connectivity index (χ1v) is 12.7. The van der Waals surface area contributed by atoms with Gasteiger partial charge in [-0.25, -0.2) is 0 Å². The van der Waals surface area contributed by atoms with Crippen LogP contribution in [0.5, 0.6) is 0 Å². The zero-order chi connectivity index (χ0) is 25.9. The molecular weight excluding hydrogens is 406 g/mol. The van der Waals surface area contributed by atoms with Gasteiger partial charge in [-0.05, 0) is 64.1 Å². The fourth-order valence-corrected chi connectivity index (χ4v) is 2.71. The number of nitrogens with one attached hydrogen (secondary N) is 4. The van der Waals surface area contributed by atoms with Crippen LogP contribution in [0.2, 0.25) is 0 Å². The molecular formula is C28H55N5. The van der Waals surface area contributed by atoms with Crippen LogP contribution in [0.4, 0.5) is 5.69 Å². The van der Waals surface area contributed by atoms with Crippen molar-refractivity contribution >= 4 is 11.4 Å². The lowest BCUT2D eigenvalue weighted by Gasteiger charge is -2.21. The Morgan fingerprint density at radius 3 is 2.18 bits per heavy atom. The second-order valence-corrected chi connectivity index (χ2v) is 10.0. The quantitative estimate of drug-likeness (QED) is 0.239. The van der Waals surface area contributed by atoms with Crippen LogP contribution in [0, 0.1) is 5.41 Å². The van der Waals surface area contributed by atoms with Crippen LogP contribution >= 0.6 is 0 Å². The van der Waals surface area contributed by atoms with Gasteiger partial charge in [0, 0.05) is 12.1 Å². The maximum atomic E-state index is 4.13. The highest BCUT2D eigenvalue weighted by Crippen LogP contribution is 2.20. The highest BCUT2D eigenvalue weighted by molar-refractivity contribution is 5.71. The molecule has 0 spiro atoms. The van der Waals surface area contributed by atoms with E-state index < -0.39 is 0 Å². The molecule has 0 amide bonds. The Labute approximate surface area is 206 Å². The van der Waals surface area contributed by atoms with Crippen molar-refractivity contribution in [2.45, 2.75) is 112 Å². The van der Waals surface area contributed by atoms with Crippen LogP contribution in [0.15, 0.2) is 37.7 Å². The molecule has 0 radical (unpaired) electrons. The van der Waals surface area contributed by atoms with Gasteiger partial charge in [-0.3, -0.25) is 5.10 Å². The molecule has 33 heavy (non-hydrogen) atoms. The maximum Gasteiger partial charge on any atom is 0.104 e. The van der Waals surface area contributed by atoms with E-state index in [2.05, 4.69) is 87.4 Å². The molecule has 0 saturated heterocycles. The number of rotatable bonds is 12. The normalized spacial score (nSPS) is 13.0. The average Bonchev–Trinajstić information content (AvgIpc) is 3.46. The summed E-state index contributed by atoms with van der Waals surface area (Å²) in [5.74, 6) is 0. The Balaban J connectivity index is 0. The zero-order valence-corrected chi connectivity index (χ0v) is 23.3. The van der Waals surface area contributed by atoms with Crippen LogP contribution in [0.3, 0.4) is 0 Å². The SMILES string of the molecule is C=CNc1cn[nH]c1C(=C)NC(CCC)CCCC(=C)C.CC.CC(C)(C)C.CNC1CC1. The lowest BCUT2D eigenvalue weighted by atomic mass is 10.0. The van der Waals surface area contributed by atoms with Crippen molar-refractivity contribution in [3.05, 3.63) is 43.4 Å². The van der Waals surface area contributed by atoms with Crippen molar-refractivity contribution in [3.8, 4) is 0 Å². The number of allylic oxidation sites excluding steroid dienone is 1. The van der Waals surface area contributed by atoms with Gasteiger partial charge in [-0.1, -0.05) is 73.6 Å². The van der Waals surface area contributed by atoms with E-state index in [1.54, 1.807) is 12.4 Å². The minimum Gasteiger partial charge on any atom is -0.381 e. The van der Waals surface area contributed by atoms with E-state index >= 15 is 0 Å². The molecule has 2 rings (SSSR count). The van der Waals surface area contributed by atoms with Crippen molar-refractivity contribution in [2.75, 3.05) is 12.4 Å². The van der Waals surface area contributed by atoms with Gasteiger partial charge in [0.05, 0.1) is 17.6 Å². The molecule has 1 heterocycles. The number of H-pyrrole nitrogens is 1. The zero-order valence-electron chi connectivity index (χ0n) is 23.3. The van der Waals surface area contributed by atoms with E-state index in [9.17, 15) is 0 Å². The van der Waals surface area contributed by atoms with E-state index in [0.29, 0.717) is 11.5 Å². The number of aromatic amines is 1. The molecule has 1 aromatic rings. The first kappa shape index (κ1) is 33.2. The summed E-state index contributed by atoms with van der Waals surface area (Å²) in [5, 5.41) is 16.7. The highest BCUT2D eigenvalue weighted by atomic mass is 15.2. The van der Waals surface area contributed by atoms with Crippen LogP contribution in [-0.2, 0) is 0 Å². The highest BCUT2D eigenvalue weighted by Gasteiger charge is 2.17. The molecule has 1 aliphatic rings. The van der Waals surface area contributed by atoms with E-state index in [-0.39, 0.29) is 0 Å². The number of anilines is 1. The van der Waals surface area contributed by atoms with E-state index in [0.717, 1.165) is 55.2 Å². The largest absolute Gasteiger partial charge is 0.381 e. The minimum atomic E-state index is 0.432. The lowest BCUT2D eigenvalue weighted by Crippen LogP contribution is -2.27. The molecule has 4 N–H and O–H groups in total. The van der Waals surface area contributed by atoms with Crippen LogP contribution in [0.1, 0.15) is 106 Å². The monoisotopic (exact) mass is 461 g/mol. The molecule has 5 nitrogen and oxygen atoms in total. The summed E-state index contributed by atoms with van der Waals surface area (Å²) in [6.45, 7) is 28.8. The summed E-state index contributed by atoms with van der Waals surface area (Å²) < 4.78 is 0. The van der Waals surface area contributed by atoms with Crippen LogP contribution in [-0.4, -0.2) is 29.3 Å². The van der Waals surface area contributed by atoms with Crippen molar-refractivity contribution in [1.82, 2.24) is 20.8 Å². The van der Waals surface area contributed by atoms with E-state index in [1.165, 1.54) is 18.4 Å². The average molecular weight is 462 g/mol. The van der Waals surface area contributed by atoms with Crippen LogP contribution in [0.25, 0.3) is 5.70 Å². The summed E-state index contributed by atoms with van der Waals surface area (Å²) in [4.78, 5) is 0. The van der Waals surface area contributed by atoms with Gasteiger partial charge in [0.25, 0.3) is 0 Å². The summed E-state index contributed by atoms with van der Waals surface area (Å²) >= 11 is 0. The third-order valence-corrected chi connectivity index (χ3v) is 4.36. The number of nitrogens with zero attached hydrogens (tertiary/aromatic N) is 1. The Kier molecular flexibility index (Phi) is 19.6. The van der Waals surface area contributed by atoms with Gasteiger partial charge in [0.1, 0.15) is 5.69 Å². The summed E-state index contributed by atoms with van der Waals surface area (Å²) in [7, 11) is 2.01. The van der Waals surface area contributed by atoms with Gasteiger partial charge in [0.15, 0.2) is 0 Å². The molecule has 0 aromatic carbocycles. The number of aromatic nitrogens is 2. The predicted octanol–water partition coefficient (Wildman–Crippen LogP) is 7.89. The van der Waals surface area contributed by atoms with Crippen LogP contribution < -0.4 is 16.0 Å². The van der Waals surface area contributed by atoms with Crippen molar-refractivity contribution < 1.29 is 0 Å². The molecule has 1 aliphatic carbocycles. The minimum absolute atomic E-state index is 0.432. The molecule has 1 unspecified atom stereocenters. The standard InChI is InChI=1S/C17H28N4.C5H12.C4H9N.C2H6/c1-6-9-15(11-8-10-13(3)4)20-14(5)17-16(18-7-2)12-19-21-17;1-5(2,3)4;1-5-4-2-3-4;1-2/h7,12,15,18,20H,2-3,5-6,8-11H2,1,4H3,(H,19,21);1-4H3;4-5H,2-3H2,1H3;1-2H3. The molecule has 1 fully saturated rings. The van der Waals surface area contributed by atoms with Crippen molar-refractivity contribution in [2.24, 2.45) is 5.41 Å². The van der Waals surface area contributed by atoms with Gasteiger partial charge in [-0.2, -0.15) is 5.10 Å². The number of hydrogen-bond donors (Lipinski definition) is 4. The fraction of sp³-hybridized carbons (Fsp3) is 0.679. The summed E-state index contributed by atoms with van der Waals surface area (Å²) in [6.07, 6.45) is 11.8. The van der Waals surface area contributed by atoms with E-state index in [1.807, 2.05) is 20.9 Å². The predicted molar refractivity (Wildman–Crippen MR) is 150 cm³/mol. The molecule has 1 aromatic heterocycles. The topological polar surface area (TPSA) is 64.8 Å². The van der Waals surface area contributed by atoms with Gasteiger partial charge in [0.2, 0.25) is 0 Å². The smallest absolute Gasteiger partial charge is 0.104 e. The van der Waals surface area contributed by atoms with Gasteiger partial charge in [-0.15, -0.1) is 6.58 Å². The van der Waals surface area contributed by atoms with Crippen molar-refractivity contribution in [1.29, 1.82) is 0 Å². The molecule has 5 heteroatoms. The maximum absolute atomic E-state index is 4.13. The first-order chi connectivity index (χ1) is 15.5. The third kappa shape index (κ3) is 21.6. The Hall–Kier alpha value is -2.01. The van der Waals surface area contributed by atoms with Gasteiger partial charge < -0.3 is 16.0 Å². The molecule has 192 valence electrons. The Morgan fingerprint density at radius 1 is 1.21 bits per heavy atom.